The van der Waals surface area contributed by atoms with Gasteiger partial charge >= 0.3 is 6.01 Å². The first-order valence-electron chi connectivity index (χ1n) is 6.78. The van der Waals surface area contributed by atoms with Crippen LogP contribution in [0.4, 0.5) is 17.6 Å². The molecule has 2 N–H and O–H groups in total. The molecular formula is C14H18ClN5O. The van der Waals surface area contributed by atoms with Gasteiger partial charge in [0.2, 0.25) is 11.9 Å². The number of benzene rings is 1. The quantitative estimate of drug-likeness (QED) is 0.852. The Morgan fingerprint density at radius 3 is 2.57 bits per heavy atom. The van der Waals surface area contributed by atoms with E-state index in [9.17, 15) is 0 Å². The molecule has 112 valence electrons. The van der Waals surface area contributed by atoms with Gasteiger partial charge in [-0.1, -0.05) is 17.7 Å². The number of ether oxygens (including phenoxy) is 1. The van der Waals surface area contributed by atoms with Crippen molar-refractivity contribution in [3.8, 4) is 6.01 Å². The van der Waals surface area contributed by atoms with Crippen LogP contribution in [-0.4, -0.2) is 28.1 Å². The van der Waals surface area contributed by atoms with Crippen LogP contribution in [0.2, 0.25) is 5.02 Å². The maximum Gasteiger partial charge on any atom is 0.323 e. The van der Waals surface area contributed by atoms with Gasteiger partial charge in [0.25, 0.3) is 0 Å². The number of hydrogen-bond acceptors (Lipinski definition) is 6. The van der Waals surface area contributed by atoms with Crippen molar-refractivity contribution in [1.29, 1.82) is 0 Å². The summed E-state index contributed by atoms with van der Waals surface area (Å²) in [6, 6.07) is 5.95. The van der Waals surface area contributed by atoms with Crippen molar-refractivity contribution < 1.29 is 4.74 Å². The van der Waals surface area contributed by atoms with Gasteiger partial charge in [0.1, 0.15) is 0 Å². The minimum atomic E-state index is 0.282. The van der Waals surface area contributed by atoms with Crippen LogP contribution in [0.5, 0.6) is 6.01 Å². The third-order valence-electron chi connectivity index (χ3n) is 2.65. The Kier molecular flexibility index (Phi) is 5.16. The number of aryl methyl sites for hydroxylation is 1. The summed E-state index contributed by atoms with van der Waals surface area (Å²) in [7, 11) is 0. The standard InChI is InChI=1S/C14H18ClN5O/c1-4-16-12-18-13(20-14(19-12)21-5-2)17-10-7-6-9(3)11(15)8-10/h6-8H,4-5H2,1-3H3,(H2,16,17,18,19,20). The Labute approximate surface area is 128 Å². The molecule has 1 aromatic carbocycles. The average molecular weight is 308 g/mol. The first-order valence-corrected chi connectivity index (χ1v) is 7.16. The number of anilines is 3. The lowest BCUT2D eigenvalue weighted by atomic mass is 10.2. The van der Waals surface area contributed by atoms with Gasteiger partial charge in [0, 0.05) is 17.3 Å². The van der Waals surface area contributed by atoms with Gasteiger partial charge in [-0.25, -0.2) is 0 Å². The van der Waals surface area contributed by atoms with Crippen molar-refractivity contribution in [1.82, 2.24) is 15.0 Å². The third-order valence-corrected chi connectivity index (χ3v) is 3.06. The summed E-state index contributed by atoms with van der Waals surface area (Å²) in [4.78, 5) is 12.7. The molecule has 0 aliphatic rings. The van der Waals surface area contributed by atoms with Crippen molar-refractivity contribution in [2.45, 2.75) is 20.8 Å². The molecule has 21 heavy (non-hydrogen) atoms. The normalized spacial score (nSPS) is 10.3. The van der Waals surface area contributed by atoms with Crippen LogP contribution in [0.1, 0.15) is 19.4 Å². The molecule has 0 aliphatic carbocycles. The van der Waals surface area contributed by atoms with Gasteiger partial charge in [-0.15, -0.1) is 0 Å². The average Bonchev–Trinajstić information content (AvgIpc) is 2.43. The van der Waals surface area contributed by atoms with Crippen LogP contribution in [0.25, 0.3) is 0 Å². The van der Waals surface area contributed by atoms with Crippen molar-refractivity contribution in [3.63, 3.8) is 0 Å². The lowest BCUT2D eigenvalue weighted by Crippen LogP contribution is -2.09. The topological polar surface area (TPSA) is 72.0 Å². The number of nitrogens with zero attached hydrogens (tertiary/aromatic N) is 3. The first-order chi connectivity index (χ1) is 10.1. The van der Waals surface area contributed by atoms with Crippen LogP contribution in [-0.2, 0) is 0 Å². The summed E-state index contributed by atoms with van der Waals surface area (Å²) >= 11 is 6.11. The van der Waals surface area contributed by atoms with Crippen LogP contribution in [0.3, 0.4) is 0 Å². The number of aromatic nitrogens is 3. The Hall–Kier alpha value is -2.08. The maximum absolute atomic E-state index is 6.11. The van der Waals surface area contributed by atoms with Crippen molar-refractivity contribution >= 4 is 29.2 Å². The van der Waals surface area contributed by atoms with Crippen LogP contribution in [0.15, 0.2) is 18.2 Å². The van der Waals surface area contributed by atoms with Crippen LogP contribution < -0.4 is 15.4 Å². The zero-order valence-electron chi connectivity index (χ0n) is 12.3. The van der Waals surface area contributed by atoms with E-state index < -0.39 is 0 Å². The van der Waals surface area contributed by atoms with Gasteiger partial charge in [-0.3, -0.25) is 0 Å². The van der Waals surface area contributed by atoms with Crippen molar-refractivity contribution in [3.05, 3.63) is 28.8 Å². The SMILES string of the molecule is CCNc1nc(Nc2ccc(C)c(Cl)c2)nc(OCC)n1. The molecule has 0 radical (unpaired) electrons. The Morgan fingerprint density at radius 2 is 1.90 bits per heavy atom. The summed E-state index contributed by atoms with van der Waals surface area (Å²) in [6.45, 7) is 7.00. The molecule has 0 amide bonds. The third kappa shape index (κ3) is 4.19. The summed E-state index contributed by atoms with van der Waals surface area (Å²) < 4.78 is 5.35. The molecule has 0 bridgehead atoms. The van der Waals surface area contributed by atoms with E-state index in [-0.39, 0.29) is 6.01 Å². The fourth-order valence-corrected chi connectivity index (χ4v) is 1.82. The predicted octanol–water partition coefficient (Wildman–Crippen LogP) is 3.41. The lowest BCUT2D eigenvalue weighted by molar-refractivity contribution is 0.312. The molecule has 1 heterocycles. The monoisotopic (exact) mass is 307 g/mol. The van der Waals surface area contributed by atoms with E-state index in [1.165, 1.54) is 0 Å². The molecular weight excluding hydrogens is 290 g/mol. The molecule has 0 fully saturated rings. The summed E-state index contributed by atoms with van der Waals surface area (Å²) in [5, 5.41) is 6.83. The van der Waals surface area contributed by atoms with E-state index in [4.69, 9.17) is 16.3 Å². The number of halogens is 1. The van der Waals surface area contributed by atoms with Gasteiger partial charge in [0.15, 0.2) is 0 Å². The first kappa shape index (κ1) is 15.3. The molecule has 0 unspecified atom stereocenters. The fraction of sp³-hybridized carbons (Fsp3) is 0.357. The molecule has 0 spiro atoms. The lowest BCUT2D eigenvalue weighted by Gasteiger charge is -2.10. The van der Waals surface area contributed by atoms with Crippen molar-refractivity contribution in [2.75, 3.05) is 23.8 Å². The second-order valence-corrected chi connectivity index (χ2v) is 4.72. The summed E-state index contributed by atoms with van der Waals surface area (Å²) in [5.41, 5.74) is 1.82. The minimum Gasteiger partial charge on any atom is -0.464 e. The van der Waals surface area contributed by atoms with E-state index in [1.54, 1.807) is 0 Å². The molecule has 7 heteroatoms. The largest absolute Gasteiger partial charge is 0.464 e. The number of nitrogens with one attached hydrogen (secondary N) is 2. The summed E-state index contributed by atoms with van der Waals surface area (Å²) in [6.07, 6.45) is 0. The molecule has 0 saturated carbocycles. The predicted molar refractivity (Wildman–Crippen MR) is 84.6 cm³/mol. The molecule has 0 saturated heterocycles. The number of hydrogen-bond donors (Lipinski definition) is 2. The van der Waals surface area contributed by atoms with Crippen molar-refractivity contribution in [2.24, 2.45) is 0 Å². The van der Waals surface area contributed by atoms with Crippen LogP contribution >= 0.6 is 11.6 Å². The molecule has 1 aromatic heterocycles. The highest BCUT2D eigenvalue weighted by Gasteiger charge is 2.07. The Balaban J connectivity index is 2.26. The number of rotatable bonds is 6. The molecule has 2 rings (SSSR count). The second-order valence-electron chi connectivity index (χ2n) is 4.32. The molecule has 0 aliphatic heterocycles. The zero-order chi connectivity index (χ0) is 15.2. The second kappa shape index (κ2) is 7.08. The molecule has 6 nitrogen and oxygen atoms in total. The van der Waals surface area contributed by atoms with Gasteiger partial charge in [-0.05, 0) is 38.5 Å². The Bertz CT molecular complexity index is 596. The molecule has 2 aromatic rings. The van der Waals surface area contributed by atoms with E-state index in [2.05, 4.69) is 25.6 Å². The minimum absolute atomic E-state index is 0.282. The highest BCUT2D eigenvalue weighted by Crippen LogP contribution is 2.22. The fourth-order valence-electron chi connectivity index (χ4n) is 1.64. The zero-order valence-corrected chi connectivity index (χ0v) is 13.0. The van der Waals surface area contributed by atoms with E-state index in [1.807, 2.05) is 39.0 Å². The summed E-state index contributed by atoms with van der Waals surface area (Å²) in [5.74, 6) is 0.876. The Morgan fingerprint density at radius 1 is 1.14 bits per heavy atom. The maximum atomic E-state index is 6.11. The van der Waals surface area contributed by atoms with E-state index in [0.717, 1.165) is 11.3 Å². The highest BCUT2D eigenvalue weighted by atomic mass is 35.5. The van der Waals surface area contributed by atoms with Gasteiger partial charge in [-0.2, -0.15) is 15.0 Å². The van der Waals surface area contributed by atoms with E-state index >= 15 is 0 Å². The van der Waals surface area contributed by atoms with Gasteiger partial charge < -0.3 is 15.4 Å². The smallest absolute Gasteiger partial charge is 0.323 e. The van der Waals surface area contributed by atoms with Gasteiger partial charge in [0.05, 0.1) is 6.61 Å². The van der Waals surface area contributed by atoms with Crippen LogP contribution in [0, 0.1) is 6.92 Å². The highest BCUT2D eigenvalue weighted by molar-refractivity contribution is 6.31. The molecule has 0 atom stereocenters. The van der Waals surface area contributed by atoms with E-state index in [0.29, 0.717) is 30.1 Å².